The van der Waals surface area contributed by atoms with E-state index in [4.69, 9.17) is 23.2 Å². The summed E-state index contributed by atoms with van der Waals surface area (Å²) < 4.78 is 69.5. The molecule has 2 aliphatic heterocycles. The first-order chi connectivity index (χ1) is 27.9. The Labute approximate surface area is 342 Å². The summed E-state index contributed by atoms with van der Waals surface area (Å²) >= 11 is 12.5. The summed E-state index contributed by atoms with van der Waals surface area (Å²) in [5.41, 5.74) is 7.94. The minimum absolute atomic E-state index is 0.271. The van der Waals surface area contributed by atoms with E-state index in [0.717, 1.165) is 108 Å². The van der Waals surface area contributed by atoms with Crippen LogP contribution in [0.5, 0.6) is 0 Å². The number of benzene rings is 4. The van der Waals surface area contributed by atoms with Crippen LogP contribution in [0.2, 0.25) is 10.0 Å². The van der Waals surface area contributed by atoms with Crippen molar-refractivity contribution in [3.63, 3.8) is 0 Å². The molecule has 2 fully saturated rings. The molecule has 2 saturated heterocycles. The van der Waals surface area contributed by atoms with Crippen molar-refractivity contribution < 1.29 is 30.6 Å². The number of allylic oxidation sites excluding steroid dienone is 3. The smallest absolute Gasteiger partial charge is 0.418 e. The van der Waals surface area contributed by atoms with E-state index in [1.54, 1.807) is 0 Å². The van der Waals surface area contributed by atoms with Gasteiger partial charge in [-0.2, -0.15) is 0 Å². The van der Waals surface area contributed by atoms with Gasteiger partial charge in [-0.1, -0.05) is 29.3 Å². The highest BCUT2D eigenvalue weighted by Gasteiger charge is 2.25. The van der Waals surface area contributed by atoms with E-state index in [0.29, 0.717) is 10.0 Å². The Kier molecular flexibility index (Phi) is 12.6. The fraction of sp³-hybridized carbons (Fsp3) is 0.186. The number of rotatable bonds is 7. The van der Waals surface area contributed by atoms with Gasteiger partial charge in [0.15, 0.2) is 13.1 Å². The Bertz CT molecular complexity index is 2470. The number of halogens is 8. The first-order valence-electron chi connectivity index (χ1n) is 18.6. The van der Waals surface area contributed by atoms with Crippen molar-refractivity contribution in [2.24, 2.45) is 0 Å². The molecule has 0 radical (unpaired) electrons. The van der Waals surface area contributed by atoms with Gasteiger partial charge < -0.3 is 32.0 Å². The van der Waals surface area contributed by atoms with Crippen LogP contribution in [0.4, 0.5) is 37.4 Å². The highest BCUT2D eigenvalue weighted by Crippen LogP contribution is 2.31. The molecule has 4 aromatic carbocycles. The summed E-state index contributed by atoms with van der Waals surface area (Å²) in [6.45, 7) is 6.34. The lowest BCUT2D eigenvalue weighted by molar-refractivity contribution is -0.528. The number of aromatic nitrogens is 2. The van der Waals surface area contributed by atoms with Crippen LogP contribution in [0.3, 0.4) is 0 Å². The van der Waals surface area contributed by atoms with E-state index in [1.165, 1.54) is 24.3 Å². The third-order valence-electron chi connectivity index (χ3n) is 10.1. The Morgan fingerprint density at radius 3 is 1.57 bits per heavy atom. The van der Waals surface area contributed by atoms with Gasteiger partial charge in [0.25, 0.3) is 0 Å². The molecule has 2 aromatic heterocycles. The molecular formula is C43H37BCl2F6N6. The van der Waals surface area contributed by atoms with E-state index in [-0.39, 0.29) is 11.6 Å². The summed E-state index contributed by atoms with van der Waals surface area (Å²) in [7, 11) is -6.00. The van der Waals surface area contributed by atoms with Crippen molar-refractivity contribution in [2.75, 3.05) is 62.2 Å². The van der Waals surface area contributed by atoms with Crippen LogP contribution in [0, 0.1) is 11.6 Å². The number of piperazine rings is 2. The maximum absolute atomic E-state index is 14.1. The highest BCUT2D eigenvalue weighted by atomic mass is 35.5. The quantitative estimate of drug-likeness (QED) is 0.0694. The molecular weight excluding hydrogens is 796 g/mol. The topological polar surface area (TPSA) is 38.5 Å². The molecule has 4 heterocycles. The maximum Gasteiger partial charge on any atom is 0.673 e. The zero-order chi connectivity index (χ0) is 40.8. The van der Waals surface area contributed by atoms with Crippen molar-refractivity contribution in [3.8, 4) is 0 Å². The number of fused-ring (bicyclic) bond motifs is 2. The predicted octanol–water partition coefficient (Wildman–Crippen LogP) is 10.4. The standard InChI is InChI=1S/C43H37Cl2F2N6.BF4/c44-32-8-14-36-38(28-32)48-18-16-42(36)52-24-20-50(21-25-52)40(30-4-10-34(46)11-5-30)2-1-3-41(31-6-12-35(47)13-7-31)51-22-26-53(27-23-51)43-17-19-49-39-29-33(45)9-15-37(39)43;2-1(3,4)5/h1-19,28-29H,20-27H2;/q+1;-1. The van der Waals surface area contributed by atoms with E-state index < -0.39 is 7.25 Å². The SMILES string of the molecule is F[B-](F)(F)F.Fc1ccc(C(=CC=CC(c2ccc(F)cc2)=[N+]2CCN(c3ccnc4cc(Cl)ccc34)CC2)N2CCN(c3ccnc4cc(Cl)ccc34)CC2)cc1. The number of pyridine rings is 2. The van der Waals surface area contributed by atoms with Crippen LogP contribution in [0.1, 0.15) is 11.1 Å². The fourth-order valence-corrected chi connectivity index (χ4v) is 7.71. The molecule has 0 unspecified atom stereocenters. The number of hydrogen-bond donors (Lipinski definition) is 0. The van der Waals surface area contributed by atoms with Gasteiger partial charge in [-0.3, -0.25) is 9.97 Å². The lowest BCUT2D eigenvalue weighted by Gasteiger charge is -2.39. The number of nitrogens with zero attached hydrogens (tertiary/aromatic N) is 6. The van der Waals surface area contributed by atoms with Crippen molar-refractivity contribution in [1.82, 2.24) is 14.9 Å². The van der Waals surface area contributed by atoms with Crippen molar-refractivity contribution in [1.29, 1.82) is 0 Å². The van der Waals surface area contributed by atoms with Gasteiger partial charge in [0, 0.05) is 88.1 Å². The average Bonchev–Trinajstić information content (AvgIpc) is 3.21. The van der Waals surface area contributed by atoms with Crippen LogP contribution in [0.15, 0.2) is 128 Å². The summed E-state index contributed by atoms with van der Waals surface area (Å²) in [6, 6.07) is 29.2. The maximum atomic E-state index is 14.1. The van der Waals surface area contributed by atoms with Gasteiger partial charge in [-0.25, -0.2) is 13.4 Å². The molecule has 6 nitrogen and oxygen atoms in total. The van der Waals surface area contributed by atoms with Crippen LogP contribution in [-0.2, 0) is 0 Å². The monoisotopic (exact) mass is 832 g/mol. The number of hydrogen-bond acceptors (Lipinski definition) is 5. The predicted molar refractivity (Wildman–Crippen MR) is 224 cm³/mol. The van der Waals surface area contributed by atoms with E-state index in [2.05, 4.69) is 59.6 Å². The van der Waals surface area contributed by atoms with E-state index >= 15 is 0 Å². The van der Waals surface area contributed by atoms with Crippen molar-refractivity contribution in [3.05, 3.63) is 160 Å². The molecule has 6 aromatic rings. The van der Waals surface area contributed by atoms with Gasteiger partial charge in [0.05, 0.1) is 24.1 Å². The third kappa shape index (κ3) is 10.1. The van der Waals surface area contributed by atoms with Crippen LogP contribution < -0.4 is 9.80 Å². The second-order valence-electron chi connectivity index (χ2n) is 13.7. The number of anilines is 2. The van der Waals surface area contributed by atoms with E-state index in [9.17, 15) is 26.0 Å². The molecule has 58 heavy (non-hydrogen) atoms. The van der Waals surface area contributed by atoms with Crippen molar-refractivity contribution >= 4 is 75.0 Å². The third-order valence-corrected chi connectivity index (χ3v) is 10.5. The van der Waals surface area contributed by atoms with E-state index in [1.807, 2.05) is 73.1 Å². The van der Waals surface area contributed by atoms with Crippen molar-refractivity contribution in [2.45, 2.75) is 0 Å². The molecule has 0 saturated carbocycles. The summed E-state index contributed by atoms with van der Waals surface area (Å²) in [4.78, 5) is 16.2. The molecule has 2 aliphatic rings. The Morgan fingerprint density at radius 1 is 0.603 bits per heavy atom. The molecule has 0 bridgehead atoms. The van der Waals surface area contributed by atoms with Gasteiger partial charge in [0.1, 0.15) is 11.6 Å². The Morgan fingerprint density at radius 2 is 1.07 bits per heavy atom. The molecule has 8 rings (SSSR count). The highest BCUT2D eigenvalue weighted by molar-refractivity contribution is 6.50. The normalized spacial score (nSPS) is 15.3. The lowest BCUT2D eigenvalue weighted by atomic mass is 10.1. The molecule has 15 heteroatoms. The van der Waals surface area contributed by atoms with Gasteiger partial charge in [0.2, 0.25) is 5.71 Å². The first-order valence-corrected chi connectivity index (χ1v) is 19.4. The van der Waals surface area contributed by atoms with Crippen LogP contribution in [-0.4, -0.2) is 84.8 Å². The summed E-state index contributed by atoms with van der Waals surface area (Å²) in [5.74, 6) is -0.541. The average molecular weight is 834 g/mol. The second kappa shape index (κ2) is 18.0. The molecule has 0 aliphatic carbocycles. The lowest BCUT2D eigenvalue weighted by Crippen LogP contribution is -2.45. The van der Waals surface area contributed by atoms with Crippen LogP contribution >= 0.6 is 23.2 Å². The fourth-order valence-electron chi connectivity index (χ4n) is 7.38. The van der Waals surface area contributed by atoms with Gasteiger partial charge in [-0.05, 0) is 109 Å². The molecule has 298 valence electrons. The summed E-state index contributed by atoms with van der Waals surface area (Å²) in [6.07, 6.45) is 9.96. The largest absolute Gasteiger partial charge is 0.673 e. The van der Waals surface area contributed by atoms with Gasteiger partial charge in [-0.15, -0.1) is 0 Å². The Hall–Kier alpha value is -5.53. The molecule has 0 N–H and O–H groups in total. The molecule has 0 atom stereocenters. The van der Waals surface area contributed by atoms with Gasteiger partial charge >= 0.3 is 7.25 Å². The minimum Gasteiger partial charge on any atom is -0.418 e. The minimum atomic E-state index is -6.00. The zero-order valence-corrected chi connectivity index (χ0v) is 32.6. The second-order valence-corrected chi connectivity index (χ2v) is 14.6. The zero-order valence-electron chi connectivity index (χ0n) is 31.1. The molecule has 0 amide bonds. The Balaban J connectivity index is 0.000000966. The first kappa shape index (κ1) is 40.7. The van der Waals surface area contributed by atoms with Crippen LogP contribution in [0.25, 0.3) is 27.5 Å². The summed E-state index contributed by atoms with van der Waals surface area (Å²) in [5, 5.41) is 3.49. The molecule has 0 spiro atoms.